The fraction of sp³-hybridized carbons (Fsp3) is 0.371. The van der Waals surface area contributed by atoms with E-state index < -0.39 is 0 Å². The van der Waals surface area contributed by atoms with Gasteiger partial charge in [-0.25, -0.2) is 9.13 Å². The summed E-state index contributed by atoms with van der Waals surface area (Å²) in [5.74, 6) is 0. The first kappa shape index (κ1) is 33.0. The summed E-state index contributed by atoms with van der Waals surface area (Å²) in [6.07, 6.45) is 21.7. The molecule has 2 aromatic heterocycles. The van der Waals surface area contributed by atoms with E-state index in [1.807, 2.05) is 75.0 Å². The fourth-order valence-electron chi connectivity index (χ4n) is 4.71. The Morgan fingerprint density at radius 3 is 2.11 bits per heavy atom. The van der Waals surface area contributed by atoms with Crippen molar-refractivity contribution in [1.82, 2.24) is 15.1 Å². The first-order valence-corrected chi connectivity index (χ1v) is 15.6. The molecule has 1 aliphatic carbocycles. The molecule has 0 amide bonds. The summed E-state index contributed by atoms with van der Waals surface area (Å²) in [4.78, 5) is 6.38. The lowest BCUT2D eigenvalue weighted by atomic mass is 10.1. The minimum absolute atomic E-state index is 0.0985. The molecule has 45 heavy (non-hydrogen) atoms. The molecule has 0 bridgehead atoms. The number of azo groups is 2. The van der Waals surface area contributed by atoms with E-state index in [0.717, 1.165) is 68.2 Å². The summed E-state index contributed by atoms with van der Waals surface area (Å²) in [6.45, 7) is 3.68. The van der Waals surface area contributed by atoms with Gasteiger partial charge >= 0.3 is 0 Å². The maximum absolute atomic E-state index is 4.52. The molecule has 0 fully saturated rings. The van der Waals surface area contributed by atoms with Gasteiger partial charge in [0.2, 0.25) is 0 Å². The Kier molecular flexibility index (Phi) is 12.8. The lowest BCUT2D eigenvalue weighted by Crippen LogP contribution is -2.34. The molecule has 1 N–H and O–H groups in total. The van der Waals surface area contributed by atoms with Crippen molar-refractivity contribution >= 4 is 22.7 Å². The lowest BCUT2D eigenvalue weighted by Gasteiger charge is -2.18. The second kappa shape index (κ2) is 17.4. The molecule has 1 atom stereocenters. The van der Waals surface area contributed by atoms with Crippen LogP contribution in [0, 0.1) is 0 Å². The standard InChI is InChI=1S/C35H48N10/c1-41(2)34-16-12-30(13-17-34)37-39-32-10-6-23-44(28-32)25-8-20-36-21-27-43(5)22-9-26-45-24-7-11-33(29-45)40-38-31-14-18-35(19-15-31)42(3)4/h6-7,10-12,14-19,21,23-24,27-30,36H,8-9,13,20,22,25-26H2,1-5H3/q+2/b27-21-,39-37?,40-38?. The Morgan fingerprint density at radius 1 is 0.800 bits per heavy atom. The van der Waals surface area contributed by atoms with Gasteiger partial charge in [-0.15, -0.1) is 10.2 Å². The van der Waals surface area contributed by atoms with E-state index >= 15 is 0 Å². The average molecular weight is 609 g/mol. The SMILES string of the molecule is CN(/C=C\NCCC[n+]1cccc(N=NC2C=CC(N(C)C)=CC2)c1)CCC[n+]1cccc(N=Nc2ccc(N(C)C)cc2)c1. The van der Waals surface area contributed by atoms with Crippen LogP contribution in [-0.4, -0.2) is 64.2 Å². The molecule has 0 spiro atoms. The molecule has 3 aromatic rings. The maximum atomic E-state index is 4.52. The number of pyridine rings is 2. The van der Waals surface area contributed by atoms with Crippen LogP contribution in [0.4, 0.5) is 22.7 Å². The van der Waals surface area contributed by atoms with E-state index in [4.69, 9.17) is 0 Å². The minimum Gasteiger partial charge on any atom is -0.389 e. The molecule has 2 heterocycles. The molecule has 236 valence electrons. The van der Waals surface area contributed by atoms with Gasteiger partial charge in [-0.3, -0.25) is 0 Å². The normalized spacial score (nSPS) is 14.8. The van der Waals surface area contributed by atoms with E-state index in [2.05, 4.69) is 114 Å². The third-order valence-electron chi connectivity index (χ3n) is 7.34. The number of nitrogens with one attached hydrogen (secondary N) is 1. The highest BCUT2D eigenvalue weighted by Crippen LogP contribution is 2.21. The summed E-state index contributed by atoms with van der Waals surface area (Å²) in [5.41, 5.74) is 4.92. The number of nitrogens with zero attached hydrogens (tertiary/aromatic N) is 9. The van der Waals surface area contributed by atoms with Crippen molar-refractivity contribution in [2.24, 2.45) is 20.5 Å². The van der Waals surface area contributed by atoms with Crippen LogP contribution in [0.25, 0.3) is 0 Å². The largest absolute Gasteiger partial charge is 0.389 e. The van der Waals surface area contributed by atoms with Gasteiger partial charge in [-0.05, 0) is 48.9 Å². The van der Waals surface area contributed by atoms with Gasteiger partial charge in [-0.2, -0.15) is 10.2 Å². The van der Waals surface area contributed by atoms with E-state index in [9.17, 15) is 0 Å². The van der Waals surface area contributed by atoms with Crippen molar-refractivity contribution in [2.45, 2.75) is 38.4 Å². The zero-order valence-electron chi connectivity index (χ0n) is 27.4. The number of hydrogen-bond donors (Lipinski definition) is 1. The molecule has 1 aliphatic rings. The van der Waals surface area contributed by atoms with Gasteiger partial charge in [0.1, 0.15) is 24.5 Å². The number of anilines is 1. The third kappa shape index (κ3) is 11.6. The number of aryl methyl sites for hydroxylation is 2. The first-order valence-electron chi connectivity index (χ1n) is 15.6. The molecular formula is C35H48N10+2. The van der Waals surface area contributed by atoms with Crippen LogP contribution in [0.5, 0.6) is 0 Å². The molecule has 0 radical (unpaired) electrons. The summed E-state index contributed by atoms with van der Waals surface area (Å²) >= 11 is 0. The van der Waals surface area contributed by atoms with E-state index in [1.54, 1.807) is 0 Å². The van der Waals surface area contributed by atoms with Gasteiger partial charge in [-0.1, -0.05) is 12.2 Å². The number of benzene rings is 1. The van der Waals surface area contributed by atoms with Gasteiger partial charge < -0.3 is 20.0 Å². The monoisotopic (exact) mass is 608 g/mol. The van der Waals surface area contributed by atoms with Crippen LogP contribution in [-0.2, 0) is 13.1 Å². The molecule has 1 unspecified atom stereocenters. The van der Waals surface area contributed by atoms with Crippen molar-refractivity contribution in [1.29, 1.82) is 0 Å². The maximum Gasteiger partial charge on any atom is 0.196 e. The summed E-state index contributed by atoms with van der Waals surface area (Å²) in [5, 5.41) is 21.2. The smallest absolute Gasteiger partial charge is 0.196 e. The van der Waals surface area contributed by atoms with Crippen molar-refractivity contribution in [3.63, 3.8) is 0 Å². The van der Waals surface area contributed by atoms with E-state index in [-0.39, 0.29) is 6.04 Å². The van der Waals surface area contributed by atoms with Crippen molar-refractivity contribution < 1.29 is 9.13 Å². The van der Waals surface area contributed by atoms with Crippen LogP contribution >= 0.6 is 0 Å². The van der Waals surface area contributed by atoms with Crippen LogP contribution in [0.2, 0.25) is 0 Å². The second-order valence-electron chi connectivity index (χ2n) is 11.6. The van der Waals surface area contributed by atoms with E-state index in [1.165, 1.54) is 5.70 Å². The molecule has 0 saturated heterocycles. The Bertz CT molecular complexity index is 1490. The molecule has 4 rings (SSSR count). The predicted octanol–water partition coefficient (Wildman–Crippen LogP) is 6.07. The van der Waals surface area contributed by atoms with Crippen LogP contribution < -0.4 is 19.4 Å². The average Bonchev–Trinajstić information content (AvgIpc) is 3.05. The van der Waals surface area contributed by atoms with Gasteiger partial charge in [0.25, 0.3) is 0 Å². The highest BCUT2D eigenvalue weighted by atomic mass is 15.1. The van der Waals surface area contributed by atoms with Crippen LogP contribution in [0.3, 0.4) is 0 Å². The highest BCUT2D eigenvalue weighted by molar-refractivity contribution is 5.51. The molecule has 10 heteroatoms. The zero-order valence-corrected chi connectivity index (χ0v) is 27.4. The van der Waals surface area contributed by atoms with Gasteiger partial charge in [0.15, 0.2) is 24.8 Å². The van der Waals surface area contributed by atoms with Crippen molar-refractivity contribution in [2.75, 3.05) is 53.2 Å². The second-order valence-corrected chi connectivity index (χ2v) is 11.6. The lowest BCUT2D eigenvalue weighted by molar-refractivity contribution is -0.696. The quantitative estimate of drug-likeness (QED) is 0.122. The van der Waals surface area contributed by atoms with E-state index in [0.29, 0.717) is 0 Å². The minimum atomic E-state index is 0.0985. The number of likely N-dealkylation sites (N-methyl/N-ethyl adjacent to an activating group) is 1. The molecule has 0 aliphatic heterocycles. The summed E-state index contributed by atoms with van der Waals surface area (Å²) < 4.78 is 4.34. The zero-order chi connectivity index (χ0) is 31.9. The molecule has 10 nitrogen and oxygen atoms in total. The Labute approximate surface area is 268 Å². The first-order chi connectivity index (χ1) is 21.9. The third-order valence-corrected chi connectivity index (χ3v) is 7.34. The summed E-state index contributed by atoms with van der Waals surface area (Å²) in [7, 11) is 10.3. The van der Waals surface area contributed by atoms with Crippen molar-refractivity contribution in [3.05, 3.63) is 110 Å². The van der Waals surface area contributed by atoms with Gasteiger partial charge in [0, 0.05) is 97.1 Å². The highest BCUT2D eigenvalue weighted by Gasteiger charge is 2.09. The predicted molar refractivity (Wildman–Crippen MR) is 181 cm³/mol. The molecule has 1 aromatic carbocycles. The number of hydrogen-bond acceptors (Lipinski definition) is 8. The Hall–Kier alpha value is -4.86. The number of allylic oxidation sites excluding steroid dienone is 1. The number of rotatable bonds is 16. The molecular weight excluding hydrogens is 560 g/mol. The topological polar surface area (TPSA) is 79.0 Å². The van der Waals surface area contributed by atoms with Crippen LogP contribution in [0.15, 0.2) is 130 Å². The number of aromatic nitrogens is 2. The Morgan fingerprint density at radius 2 is 1.47 bits per heavy atom. The summed E-state index contributed by atoms with van der Waals surface area (Å²) in [6, 6.07) is 16.2. The fourth-order valence-corrected chi connectivity index (χ4v) is 4.71. The Balaban J connectivity index is 1.10. The van der Waals surface area contributed by atoms with Crippen molar-refractivity contribution in [3.8, 4) is 0 Å². The van der Waals surface area contributed by atoms with Crippen LogP contribution in [0.1, 0.15) is 19.3 Å². The van der Waals surface area contributed by atoms with Gasteiger partial charge in [0.05, 0.1) is 11.7 Å². The molecule has 0 saturated carbocycles.